The van der Waals surface area contributed by atoms with Crippen LogP contribution < -0.4 is 5.32 Å². The Kier molecular flexibility index (Phi) is 4.69. The van der Waals surface area contributed by atoms with Crippen molar-refractivity contribution in [2.24, 2.45) is 5.41 Å². The summed E-state index contributed by atoms with van der Waals surface area (Å²) in [6.07, 6.45) is 4.94. The van der Waals surface area contributed by atoms with Gasteiger partial charge < -0.3 is 5.32 Å². The smallest absolute Gasteiger partial charge is 0.240 e. The van der Waals surface area contributed by atoms with Crippen molar-refractivity contribution >= 4 is 17.7 Å². The summed E-state index contributed by atoms with van der Waals surface area (Å²) in [5.41, 5.74) is 1.62. The standard InChI is InChI=1S/C19H24N2O3/c1-14-7-3-4-8-15(14)12-20-16(22)13-21-17(23)11-19(18(21)24)9-5-2-6-10-19/h3-4,7-8H,2,5-6,9-13H2,1H3,(H,20,22). The molecule has 1 saturated heterocycles. The molecule has 0 aromatic heterocycles. The molecule has 3 rings (SSSR count). The van der Waals surface area contributed by atoms with Crippen LogP contribution >= 0.6 is 0 Å². The van der Waals surface area contributed by atoms with E-state index in [-0.39, 0.29) is 30.7 Å². The van der Waals surface area contributed by atoms with E-state index in [4.69, 9.17) is 0 Å². The topological polar surface area (TPSA) is 66.5 Å². The number of hydrogen-bond acceptors (Lipinski definition) is 3. The first-order valence-corrected chi connectivity index (χ1v) is 8.68. The average Bonchev–Trinajstić information content (AvgIpc) is 2.79. The number of hydrogen-bond donors (Lipinski definition) is 1. The second kappa shape index (κ2) is 6.75. The third kappa shape index (κ3) is 3.21. The zero-order chi connectivity index (χ0) is 17.2. The van der Waals surface area contributed by atoms with Gasteiger partial charge in [0.2, 0.25) is 17.7 Å². The van der Waals surface area contributed by atoms with Gasteiger partial charge in [-0.1, -0.05) is 43.5 Å². The Hall–Kier alpha value is -2.17. The molecule has 1 spiro atoms. The van der Waals surface area contributed by atoms with Gasteiger partial charge in [0.05, 0.1) is 5.41 Å². The lowest BCUT2D eigenvalue weighted by Crippen LogP contribution is -2.42. The molecule has 1 N–H and O–H groups in total. The van der Waals surface area contributed by atoms with Gasteiger partial charge in [-0.05, 0) is 30.9 Å². The van der Waals surface area contributed by atoms with Crippen LogP contribution in [-0.2, 0) is 20.9 Å². The van der Waals surface area contributed by atoms with Gasteiger partial charge in [-0.2, -0.15) is 0 Å². The first kappa shape index (κ1) is 16.7. The quantitative estimate of drug-likeness (QED) is 0.863. The minimum atomic E-state index is -0.522. The van der Waals surface area contributed by atoms with Crippen LogP contribution in [0.2, 0.25) is 0 Å². The largest absolute Gasteiger partial charge is 0.350 e. The Morgan fingerprint density at radius 3 is 2.58 bits per heavy atom. The molecule has 5 nitrogen and oxygen atoms in total. The van der Waals surface area contributed by atoms with E-state index < -0.39 is 5.41 Å². The average molecular weight is 328 g/mol. The van der Waals surface area contributed by atoms with Gasteiger partial charge in [0.1, 0.15) is 6.54 Å². The van der Waals surface area contributed by atoms with Crippen molar-refractivity contribution < 1.29 is 14.4 Å². The maximum absolute atomic E-state index is 12.7. The van der Waals surface area contributed by atoms with Crippen molar-refractivity contribution in [2.75, 3.05) is 6.54 Å². The Balaban J connectivity index is 1.59. The Morgan fingerprint density at radius 2 is 1.88 bits per heavy atom. The number of benzene rings is 1. The summed E-state index contributed by atoms with van der Waals surface area (Å²) in [5, 5.41) is 2.81. The third-order valence-corrected chi connectivity index (χ3v) is 5.34. The molecule has 0 bridgehead atoms. The lowest BCUT2D eigenvalue weighted by molar-refractivity contribution is -0.145. The first-order valence-electron chi connectivity index (χ1n) is 8.68. The predicted molar refractivity (Wildman–Crippen MR) is 89.9 cm³/mol. The summed E-state index contributed by atoms with van der Waals surface area (Å²) in [6.45, 7) is 2.24. The molecular weight excluding hydrogens is 304 g/mol. The van der Waals surface area contributed by atoms with Gasteiger partial charge in [-0.15, -0.1) is 0 Å². The zero-order valence-electron chi connectivity index (χ0n) is 14.1. The van der Waals surface area contributed by atoms with E-state index >= 15 is 0 Å². The lowest BCUT2D eigenvalue weighted by atomic mass is 9.73. The normalized spacial score (nSPS) is 19.8. The summed E-state index contributed by atoms with van der Waals surface area (Å²) in [5.74, 6) is -0.626. The first-order chi connectivity index (χ1) is 11.5. The van der Waals surface area contributed by atoms with Crippen molar-refractivity contribution in [3.8, 4) is 0 Å². The summed E-state index contributed by atoms with van der Waals surface area (Å²) in [7, 11) is 0. The lowest BCUT2D eigenvalue weighted by Gasteiger charge is -2.30. The van der Waals surface area contributed by atoms with Crippen LogP contribution in [0.4, 0.5) is 0 Å². The van der Waals surface area contributed by atoms with E-state index in [0.717, 1.165) is 43.2 Å². The highest BCUT2D eigenvalue weighted by molar-refractivity contribution is 6.08. The van der Waals surface area contributed by atoms with E-state index in [1.54, 1.807) is 0 Å². The van der Waals surface area contributed by atoms with Gasteiger partial charge in [-0.3, -0.25) is 19.3 Å². The molecule has 0 radical (unpaired) electrons. The summed E-state index contributed by atoms with van der Waals surface area (Å²) < 4.78 is 0. The Labute approximate surface area is 142 Å². The van der Waals surface area contributed by atoms with Crippen molar-refractivity contribution in [3.05, 3.63) is 35.4 Å². The summed E-state index contributed by atoms with van der Waals surface area (Å²) in [6, 6.07) is 7.82. The second-order valence-corrected chi connectivity index (χ2v) is 7.01. The highest BCUT2D eigenvalue weighted by atomic mass is 16.2. The third-order valence-electron chi connectivity index (χ3n) is 5.34. The van der Waals surface area contributed by atoms with E-state index in [2.05, 4.69) is 5.32 Å². The number of carbonyl (C=O) groups excluding carboxylic acids is 3. The maximum Gasteiger partial charge on any atom is 0.240 e. The van der Waals surface area contributed by atoms with Crippen LogP contribution in [0.25, 0.3) is 0 Å². The molecule has 2 aliphatic rings. The van der Waals surface area contributed by atoms with Gasteiger partial charge in [0, 0.05) is 13.0 Å². The van der Waals surface area contributed by atoms with E-state index in [1.807, 2.05) is 31.2 Å². The maximum atomic E-state index is 12.7. The summed E-state index contributed by atoms with van der Waals surface area (Å²) >= 11 is 0. The molecule has 1 aromatic carbocycles. The number of likely N-dealkylation sites (tertiary alicyclic amines) is 1. The van der Waals surface area contributed by atoms with Crippen molar-refractivity contribution in [1.82, 2.24) is 10.2 Å². The van der Waals surface area contributed by atoms with E-state index in [9.17, 15) is 14.4 Å². The van der Waals surface area contributed by atoms with Gasteiger partial charge in [0.25, 0.3) is 0 Å². The molecule has 0 unspecified atom stereocenters. The highest BCUT2D eigenvalue weighted by Gasteiger charge is 2.51. The van der Waals surface area contributed by atoms with Crippen LogP contribution in [0.1, 0.15) is 49.7 Å². The number of imide groups is 1. The SMILES string of the molecule is Cc1ccccc1CNC(=O)CN1C(=O)CC2(CCCCC2)C1=O. The van der Waals surface area contributed by atoms with Crippen LogP contribution in [0, 0.1) is 12.3 Å². The molecule has 128 valence electrons. The molecule has 1 aliphatic heterocycles. The zero-order valence-corrected chi connectivity index (χ0v) is 14.1. The number of carbonyl (C=O) groups is 3. The van der Waals surface area contributed by atoms with Crippen molar-refractivity contribution in [2.45, 2.75) is 52.0 Å². The Morgan fingerprint density at radius 1 is 1.17 bits per heavy atom. The number of amides is 3. The monoisotopic (exact) mass is 328 g/mol. The second-order valence-electron chi connectivity index (χ2n) is 7.01. The fourth-order valence-electron chi connectivity index (χ4n) is 3.84. The fraction of sp³-hybridized carbons (Fsp3) is 0.526. The van der Waals surface area contributed by atoms with E-state index in [1.165, 1.54) is 4.90 Å². The molecule has 24 heavy (non-hydrogen) atoms. The van der Waals surface area contributed by atoms with Gasteiger partial charge in [-0.25, -0.2) is 0 Å². The molecule has 1 aromatic rings. The van der Waals surface area contributed by atoms with Crippen molar-refractivity contribution in [1.29, 1.82) is 0 Å². The number of nitrogens with one attached hydrogen (secondary N) is 1. The van der Waals surface area contributed by atoms with Crippen LogP contribution in [0.15, 0.2) is 24.3 Å². The number of aryl methyl sites for hydroxylation is 1. The minimum Gasteiger partial charge on any atom is -0.350 e. The summed E-state index contributed by atoms with van der Waals surface area (Å²) in [4.78, 5) is 38.3. The van der Waals surface area contributed by atoms with Crippen LogP contribution in [-0.4, -0.2) is 29.2 Å². The van der Waals surface area contributed by atoms with Gasteiger partial charge >= 0.3 is 0 Å². The molecule has 5 heteroatoms. The van der Waals surface area contributed by atoms with Crippen LogP contribution in [0.5, 0.6) is 0 Å². The van der Waals surface area contributed by atoms with Gasteiger partial charge in [0.15, 0.2) is 0 Å². The highest BCUT2D eigenvalue weighted by Crippen LogP contribution is 2.45. The predicted octanol–water partition coefficient (Wildman–Crippen LogP) is 2.32. The molecule has 2 fully saturated rings. The number of rotatable bonds is 4. The molecular formula is C19H24N2O3. The number of nitrogens with zero attached hydrogens (tertiary/aromatic N) is 1. The fourth-order valence-corrected chi connectivity index (χ4v) is 3.84. The molecule has 3 amide bonds. The molecule has 1 saturated carbocycles. The molecule has 1 heterocycles. The molecule has 0 atom stereocenters. The van der Waals surface area contributed by atoms with Crippen molar-refractivity contribution in [3.63, 3.8) is 0 Å². The minimum absolute atomic E-state index is 0.141. The van der Waals surface area contributed by atoms with Crippen LogP contribution in [0.3, 0.4) is 0 Å². The van der Waals surface area contributed by atoms with E-state index in [0.29, 0.717) is 6.54 Å². The molecule has 1 aliphatic carbocycles. The Bertz CT molecular complexity index is 662.